The number of rotatable bonds is 7. The molecule has 0 heterocycles. The molecule has 1 N–H and O–H groups in total. The van der Waals surface area contributed by atoms with Crippen LogP contribution in [-0.4, -0.2) is 38.4 Å². The highest BCUT2D eigenvalue weighted by molar-refractivity contribution is 5.79. The average molecular weight is 340 g/mol. The normalized spacial score (nSPS) is 34.3. The molecule has 0 saturated heterocycles. The Labute approximate surface area is 148 Å². The van der Waals surface area contributed by atoms with Gasteiger partial charge in [0.2, 0.25) is 5.91 Å². The van der Waals surface area contributed by atoms with Gasteiger partial charge in [-0.3, -0.25) is 4.79 Å². The second-order valence-corrected chi connectivity index (χ2v) is 8.28. The van der Waals surface area contributed by atoms with Crippen LogP contribution < -0.4 is 5.32 Å². The van der Waals surface area contributed by atoms with Crippen LogP contribution in [-0.2, 0) is 14.3 Å². The summed E-state index contributed by atoms with van der Waals surface area (Å²) in [6, 6.07) is 0.338. The molecule has 0 aliphatic heterocycles. The monoisotopic (exact) mass is 339 g/mol. The van der Waals surface area contributed by atoms with Gasteiger partial charge in [-0.2, -0.15) is 0 Å². The lowest BCUT2D eigenvalue weighted by Gasteiger charge is -2.38. The molecule has 0 bridgehead atoms. The molecule has 2 fully saturated rings. The average Bonchev–Trinajstić information content (AvgIpc) is 2.56. The van der Waals surface area contributed by atoms with Crippen LogP contribution in [0.25, 0.3) is 0 Å². The first-order valence-electron chi connectivity index (χ1n) is 9.92. The van der Waals surface area contributed by atoms with Crippen molar-refractivity contribution in [2.75, 3.05) is 20.3 Å². The van der Waals surface area contributed by atoms with Crippen molar-refractivity contribution >= 4 is 5.91 Å². The van der Waals surface area contributed by atoms with Crippen LogP contribution in [0.5, 0.6) is 0 Å². The van der Waals surface area contributed by atoms with Crippen molar-refractivity contribution in [3.63, 3.8) is 0 Å². The Hall–Kier alpha value is -0.610. The second kappa shape index (κ2) is 9.76. The van der Waals surface area contributed by atoms with Crippen molar-refractivity contribution < 1.29 is 14.3 Å². The molecular weight excluding hydrogens is 302 g/mol. The van der Waals surface area contributed by atoms with E-state index in [0.717, 1.165) is 32.1 Å². The van der Waals surface area contributed by atoms with E-state index in [1.54, 1.807) is 7.11 Å². The summed E-state index contributed by atoms with van der Waals surface area (Å²) in [4.78, 5) is 12.9. The highest BCUT2D eigenvalue weighted by atomic mass is 16.5. The van der Waals surface area contributed by atoms with Gasteiger partial charge in [0.05, 0.1) is 19.3 Å². The molecule has 0 radical (unpaired) electrons. The number of amides is 1. The maximum atomic E-state index is 12.9. The van der Waals surface area contributed by atoms with Crippen molar-refractivity contribution in [2.45, 2.75) is 77.9 Å². The topological polar surface area (TPSA) is 47.6 Å². The standard InChI is InChI=1S/C20H37NO3/c1-14(2)18-10-5-15(3)13-19(18)20(22)21-16-6-8-17(9-7-16)24-12-11-23-4/h14-19H,5-13H2,1-4H3,(H,21,22)/t15-,16?,17?,18+,19-/m1/s1. The molecule has 0 aromatic rings. The van der Waals surface area contributed by atoms with Gasteiger partial charge >= 0.3 is 0 Å². The fraction of sp³-hybridized carbons (Fsp3) is 0.950. The minimum Gasteiger partial charge on any atom is -0.382 e. The van der Waals surface area contributed by atoms with E-state index in [1.165, 1.54) is 12.8 Å². The molecular formula is C20H37NO3. The highest BCUT2D eigenvalue weighted by Crippen LogP contribution is 2.38. The summed E-state index contributed by atoms with van der Waals surface area (Å²) in [5, 5.41) is 3.36. The molecule has 4 heteroatoms. The van der Waals surface area contributed by atoms with Crippen LogP contribution in [0.4, 0.5) is 0 Å². The Morgan fingerprint density at radius 2 is 1.79 bits per heavy atom. The van der Waals surface area contributed by atoms with Crippen LogP contribution >= 0.6 is 0 Å². The van der Waals surface area contributed by atoms with Gasteiger partial charge in [-0.05, 0) is 56.3 Å². The van der Waals surface area contributed by atoms with E-state index in [2.05, 4.69) is 26.1 Å². The van der Waals surface area contributed by atoms with E-state index in [0.29, 0.717) is 49.0 Å². The summed E-state index contributed by atoms with van der Waals surface area (Å²) in [6.45, 7) is 8.16. The fourth-order valence-electron chi connectivity index (χ4n) is 4.48. The molecule has 140 valence electrons. The molecule has 0 aromatic carbocycles. The number of carbonyl (C=O) groups excluding carboxylic acids is 1. The van der Waals surface area contributed by atoms with Gasteiger partial charge in [-0.1, -0.05) is 27.2 Å². The Bertz CT molecular complexity index is 377. The molecule has 0 aromatic heterocycles. The number of hydrogen-bond donors (Lipinski definition) is 1. The van der Waals surface area contributed by atoms with Crippen molar-refractivity contribution in [1.82, 2.24) is 5.32 Å². The molecule has 2 aliphatic carbocycles. The predicted molar refractivity (Wildman–Crippen MR) is 96.8 cm³/mol. The van der Waals surface area contributed by atoms with E-state index in [9.17, 15) is 4.79 Å². The zero-order chi connectivity index (χ0) is 17.5. The SMILES string of the molecule is COCCOC1CCC(NC(=O)[C@@H]2C[C@H](C)CC[C@H]2C(C)C)CC1. The van der Waals surface area contributed by atoms with Crippen molar-refractivity contribution in [1.29, 1.82) is 0 Å². The van der Waals surface area contributed by atoms with Gasteiger partial charge in [0.15, 0.2) is 0 Å². The second-order valence-electron chi connectivity index (χ2n) is 8.28. The molecule has 2 aliphatic rings. The molecule has 2 rings (SSSR count). The van der Waals surface area contributed by atoms with Gasteiger partial charge in [-0.25, -0.2) is 0 Å². The predicted octanol–water partition coefficient (Wildman–Crippen LogP) is 3.79. The van der Waals surface area contributed by atoms with Crippen LogP contribution in [0, 0.1) is 23.7 Å². The molecule has 24 heavy (non-hydrogen) atoms. The molecule has 3 atom stereocenters. The summed E-state index contributed by atoms with van der Waals surface area (Å²) in [5.74, 6) is 2.35. The fourth-order valence-corrected chi connectivity index (χ4v) is 4.48. The van der Waals surface area contributed by atoms with Gasteiger partial charge in [0, 0.05) is 19.1 Å². The van der Waals surface area contributed by atoms with Crippen molar-refractivity contribution in [3.05, 3.63) is 0 Å². The van der Waals surface area contributed by atoms with Crippen LogP contribution in [0.15, 0.2) is 0 Å². The Balaban J connectivity index is 1.77. The van der Waals surface area contributed by atoms with Gasteiger partial charge in [0.1, 0.15) is 0 Å². The van der Waals surface area contributed by atoms with E-state index in [1.807, 2.05) is 0 Å². The maximum absolute atomic E-state index is 12.9. The van der Waals surface area contributed by atoms with E-state index >= 15 is 0 Å². The van der Waals surface area contributed by atoms with Crippen LogP contribution in [0.1, 0.15) is 65.7 Å². The minimum absolute atomic E-state index is 0.212. The van der Waals surface area contributed by atoms with E-state index in [-0.39, 0.29) is 5.92 Å². The Morgan fingerprint density at radius 3 is 2.42 bits per heavy atom. The van der Waals surface area contributed by atoms with Crippen molar-refractivity contribution in [2.24, 2.45) is 23.7 Å². The largest absolute Gasteiger partial charge is 0.382 e. The van der Waals surface area contributed by atoms with Gasteiger partial charge in [0.25, 0.3) is 0 Å². The third-order valence-electron chi connectivity index (χ3n) is 6.02. The lowest BCUT2D eigenvalue weighted by molar-refractivity contribution is -0.130. The molecule has 4 nitrogen and oxygen atoms in total. The minimum atomic E-state index is 0.212. The summed E-state index contributed by atoms with van der Waals surface area (Å²) in [5.41, 5.74) is 0. The number of hydrogen-bond acceptors (Lipinski definition) is 3. The summed E-state index contributed by atoms with van der Waals surface area (Å²) < 4.78 is 10.8. The Morgan fingerprint density at radius 1 is 1.08 bits per heavy atom. The highest BCUT2D eigenvalue weighted by Gasteiger charge is 2.36. The summed E-state index contributed by atoms with van der Waals surface area (Å²) in [7, 11) is 1.70. The zero-order valence-corrected chi connectivity index (χ0v) is 16.1. The molecule has 2 saturated carbocycles. The number of nitrogens with one attached hydrogen (secondary N) is 1. The maximum Gasteiger partial charge on any atom is 0.223 e. The van der Waals surface area contributed by atoms with E-state index in [4.69, 9.17) is 9.47 Å². The van der Waals surface area contributed by atoms with Crippen molar-refractivity contribution in [3.8, 4) is 0 Å². The number of methoxy groups -OCH3 is 1. The first-order chi connectivity index (χ1) is 11.5. The quantitative estimate of drug-likeness (QED) is 0.718. The zero-order valence-electron chi connectivity index (χ0n) is 16.1. The van der Waals surface area contributed by atoms with Crippen LogP contribution in [0.2, 0.25) is 0 Å². The molecule has 1 amide bonds. The summed E-state index contributed by atoms with van der Waals surface area (Å²) >= 11 is 0. The van der Waals surface area contributed by atoms with Gasteiger partial charge < -0.3 is 14.8 Å². The van der Waals surface area contributed by atoms with Crippen LogP contribution in [0.3, 0.4) is 0 Å². The Kier molecular flexibility index (Phi) is 8.02. The molecule has 0 unspecified atom stereocenters. The lowest BCUT2D eigenvalue weighted by atomic mass is 9.69. The third-order valence-corrected chi connectivity index (χ3v) is 6.02. The first-order valence-corrected chi connectivity index (χ1v) is 9.92. The smallest absolute Gasteiger partial charge is 0.223 e. The van der Waals surface area contributed by atoms with Gasteiger partial charge in [-0.15, -0.1) is 0 Å². The lowest BCUT2D eigenvalue weighted by Crippen LogP contribution is -2.46. The number of ether oxygens (including phenoxy) is 2. The number of carbonyl (C=O) groups is 1. The first kappa shape index (κ1) is 19.7. The molecule has 0 spiro atoms. The van der Waals surface area contributed by atoms with E-state index < -0.39 is 0 Å². The third kappa shape index (κ3) is 5.73. The summed E-state index contributed by atoms with van der Waals surface area (Å²) in [6.07, 6.45) is 8.05.